The molecule has 0 saturated carbocycles. The van der Waals surface area contributed by atoms with Crippen molar-refractivity contribution in [2.45, 2.75) is 0 Å². The molecule has 266 valence electrons. The second-order valence-electron chi connectivity index (χ2n) is 13.3. The molecule has 3 aromatic heterocycles. The molecule has 57 heavy (non-hydrogen) atoms. The summed E-state index contributed by atoms with van der Waals surface area (Å²) in [6.45, 7) is 0. The van der Waals surface area contributed by atoms with Gasteiger partial charge in [-0.25, -0.2) is 0 Å². The van der Waals surface area contributed by atoms with Crippen LogP contribution in [0.5, 0.6) is 0 Å². The highest BCUT2D eigenvalue weighted by Crippen LogP contribution is 2.41. The van der Waals surface area contributed by atoms with E-state index in [4.69, 9.17) is 13.7 Å². The van der Waals surface area contributed by atoms with Crippen LogP contribution >= 0.6 is 0 Å². The molecule has 0 aliphatic rings. The van der Waals surface area contributed by atoms with Gasteiger partial charge in [0.1, 0.15) is 0 Å². The monoisotopic (exact) mass is 747 g/mol. The summed E-state index contributed by atoms with van der Waals surface area (Å²) in [5, 5.41) is -2.40. The number of aromatic nitrogens is 3. The Morgan fingerprint density at radius 2 is 0.807 bits per heavy atom. The SMILES string of the molecule is [2H]c1c([2H])c([2H])c2c(c1[2H])c1c([2H])c([2H])c(-n3c4c([2H])c([2H])c([2H])c([2H])c4c4c([2H])c([2H])c([2H])c(-n5c6c([2H])c([2H])c([2H])c([2H])c6c6c([2H])c([2H])c([2H])c([2H])c65)c43)c([2H])c1n2-c1cccc(-c2cccc(-c3ccccc3)c2)c1. The van der Waals surface area contributed by atoms with E-state index in [0.717, 1.165) is 25.8 Å². The molecule has 0 fully saturated rings. The topological polar surface area (TPSA) is 14.8 Å². The fourth-order valence-corrected chi connectivity index (χ4v) is 7.79. The molecule has 9 aromatic carbocycles. The van der Waals surface area contributed by atoms with Crippen molar-refractivity contribution in [3.63, 3.8) is 0 Å². The van der Waals surface area contributed by atoms with Crippen molar-refractivity contribution < 1.29 is 30.2 Å². The summed E-state index contributed by atoms with van der Waals surface area (Å²) in [7, 11) is 0. The minimum Gasteiger partial charge on any atom is -0.309 e. The van der Waals surface area contributed by atoms with Crippen LogP contribution in [0, 0.1) is 0 Å². The average molecular weight is 748 g/mol. The van der Waals surface area contributed by atoms with Crippen LogP contribution in [0.3, 0.4) is 0 Å². The van der Waals surface area contributed by atoms with E-state index in [1.165, 1.54) is 4.57 Å². The zero-order valence-electron chi connectivity index (χ0n) is 51.3. The molecule has 0 aliphatic heterocycles. The quantitative estimate of drug-likeness (QED) is 0.167. The molecular formula is C54H35N3. The fourth-order valence-electron chi connectivity index (χ4n) is 7.79. The first-order valence-electron chi connectivity index (χ1n) is 28.8. The molecule has 3 nitrogen and oxygen atoms in total. The van der Waals surface area contributed by atoms with Crippen LogP contribution in [0.15, 0.2) is 212 Å². The van der Waals surface area contributed by atoms with Crippen LogP contribution in [-0.2, 0) is 0 Å². The number of nitrogens with zero attached hydrogens (tertiary/aromatic N) is 3. The van der Waals surface area contributed by atoms with Crippen LogP contribution in [0.1, 0.15) is 30.2 Å². The highest BCUT2D eigenvalue weighted by Gasteiger charge is 2.21. The summed E-state index contributed by atoms with van der Waals surface area (Å²) in [5.74, 6) is 0. The summed E-state index contributed by atoms with van der Waals surface area (Å²) in [4.78, 5) is 0. The van der Waals surface area contributed by atoms with Gasteiger partial charge in [0, 0.05) is 43.7 Å². The summed E-state index contributed by atoms with van der Waals surface area (Å²) in [6, 6.07) is 6.76. The van der Waals surface area contributed by atoms with Gasteiger partial charge >= 0.3 is 0 Å². The largest absolute Gasteiger partial charge is 0.309 e. The normalized spacial score (nSPS) is 17.3. The highest BCUT2D eigenvalue weighted by atomic mass is 15.1. The van der Waals surface area contributed by atoms with Crippen LogP contribution in [0.4, 0.5) is 0 Å². The smallest absolute Gasteiger partial charge is 0.0782 e. The van der Waals surface area contributed by atoms with Crippen LogP contribution in [0.2, 0.25) is 0 Å². The standard InChI is InChI=1S/C54H35N3/c1-2-15-36(16-3-1)37-17-12-18-38(33-37)39-19-13-20-40(34-39)55-48-26-8-4-23-44(48)46-32-31-41(35-53(46)55)56-49-27-9-7-24-45(49)47-25-14-30-52(54(47)56)57-50-28-10-5-21-42(50)43-22-6-11-29-51(43)57/h1-35H/i4D,5D,6D,7D,8D,9D,10D,11D,14D,21D,22D,23D,24D,25D,26D,27D,28D,29D,30D,31D,32D,35D. The van der Waals surface area contributed by atoms with Crippen molar-refractivity contribution in [2.75, 3.05) is 0 Å². The highest BCUT2D eigenvalue weighted by molar-refractivity contribution is 6.16. The molecule has 0 radical (unpaired) electrons. The van der Waals surface area contributed by atoms with Crippen LogP contribution < -0.4 is 0 Å². The number of hydrogen-bond acceptors (Lipinski definition) is 0. The van der Waals surface area contributed by atoms with Gasteiger partial charge in [0.05, 0.1) is 68.9 Å². The van der Waals surface area contributed by atoms with Gasteiger partial charge in [0.2, 0.25) is 0 Å². The number of fused-ring (bicyclic) bond motifs is 9. The number of hydrogen-bond donors (Lipinski definition) is 0. The third-order valence-corrected chi connectivity index (χ3v) is 10.2. The Hall–Kier alpha value is -7.62. The molecule has 0 unspecified atom stereocenters. The first kappa shape index (κ1) is 17.0. The number of rotatable bonds is 5. The molecule has 3 heteroatoms. The van der Waals surface area contributed by atoms with E-state index < -0.39 is 188 Å². The van der Waals surface area contributed by atoms with Crippen LogP contribution in [0.25, 0.3) is 105 Å². The fraction of sp³-hybridized carbons (Fsp3) is 0. The maximum absolute atomic E-state index is 10.4. The Morgan fingerprint density at radius 1 is 0.316 bits per heavy atom. The van der Waals surface area contributed by atoms with Gasteiger partial charge in [-0.15, -0.1) is 0 Å². The van der Waals surface area contributed by atoms with Crippen molar-refractivity contribution >= 4 is 65.4 Å². The van der Waals surface area contributed by atoms with Gasteiger partial charge in [0.15, 0.2) is 0 Å². The lowest BCUT2D eigenvalue weighted by molar-refractivity contribution is 1.13. The second kappa shape index (κ2) is 12.5. The number of benzene rings is 9. The van der Waals surface area contributed by atoms with Gasteiger partial charge in [-0.2, -0.15) is 0 Å². The van der Waals surface area contributed by atoms with Gasteiger partial charge in [-0.05, 0) is 82.7 Å². The van der Waals surface area contributed by atoms with Crippen molar-refractivity contribution in [3.05, 3.63) is 212 Å². The Kier molecular flexibility index (Phi) is 3.72. The maximum Gasteiger partial charge on any atom is 0.0782 e. The average Bonchev–Trinajstić information content (AvgIpc) is 4.30. The van der Waals surface area contributed by atoms with E-state index in [2.05, 4.69) is 0 Å². The van der Waals surface area contributed by atoms with Crippen molar-refractivity contribution in [3.8, 4) is 39.3 Å². The van der Waals surface area contributed by atoms with Crippen molar-refractivity contribution in [2.24, 2.45) is 0 Å². The molecule has 12 rings (SSSR count). The molecule has 3 heterocycles. The first-order valence-corrected chi connectivity index (χ1v) is 17.8. The first-order chi connectivity index (χ1) is 37.5. The predicted octanol–water partition coefficient (Wildman–Crippen LogP) is 14.3. The molecular weight excluding hydrogens is 691 g/mol. The molecule has 0 N–H and O–H groups in total. The lowest BCUT2D eigenvalue weighted by atomic mass is 9.99. The Balaban J connectivity index is 1.33. The van der Waals surface area contributed by atoms with Gasteiger partial charge < -0.3 is 13.7 Å². The Labute approximate surface area is 360 Å². The van der Waals surface area contributed by atoms with E-state index in [9.17, 15) is 16.4 Å². The molecule has 0 aliphatic carbocycles. The summed E-state index contributed by atoms with van der Waals surface area (Å²) in [5.41, 5.74) is -0.678. The van der Waals surface area contributed by atoms with Crippen molar-refractivity contribution in [1.29, 1.82) is 0 Å². The van der Waals surface area contributed by atoms with E-state index in [1.54, 1.807) is 18.2 Å². The number of para-hydroxylation sites is 5. The van der Waals surface area contributed by atoms with E-state index in [0.29, 0.717) is 5.56 Å². The minimum atomic E-state index is -0.924. The Morgan fingerprint density at radius 3 is 1.47 bits per heavy atom. The minimum absolute atomic E-state index is 0.200. The third kappa shape index (κ3) is 4.79. The summed E-state index contributed by atoms with van der Waals surface area (Å²) >= 11 is 0. The third-order valence-electron chi connectivity index (χ3n) is 10.2. The molecule has 0 bridgehead atoms. The van der Waals surface area contributed by atoms with Gasteiger partial charge in [-0.3, -0.25) is 0 Å². The van der Waals surface area contributed by atoms with Gasteiger partial charge in [0.25, 0.3) is 0 Å². The molecule has 0 atom stereocenters. The van der Waals surface area contributed by atoms with Crippen molar-refractivity contribution in [1.82, 2.24) is 13.7 Å². The van der Waals surface area contributed by atoms with Gasteiger partial charge in [-0.1, -0.05) is 151 Å². The lowest BCUT2D eigenvalue weighted by Gasteiger charge is -2.15. The lowest BCUT2D eigenvalue weighted by Crippen LogP contribution is -2.01. The Bertz CT molecular complexity index is 4730. The summed E-state index contributed by atoms with van der Waals surface area (Å²) < 4.78 is 207. The maximum atomic E-state index is 10.4. The zero-order valence-corrected chi connectivity index (χ0v) is 29.3. The molecule has 12 aromatic rings. The van der Waals surface area contributed by atoms with E-state index >= 15 is 0 Å². The van der Waals surface area contributed by atoms with E-state index in [1.807, 2.05) is 60.7 Å². The second-order valence-corrected chi connectivity index (χ2v) is 13.3. The van der Waals surface area contributed by atoms with Crippen LogP contribution in [-0.4, -0.2) is 13.7 Å². The summed E-state index contributed by atoms with van der Waals surface area (Å²) in [6.07, 6.45) is 0. The predicted molar refractivity (Wildman–Crippen MR) is 240 cm³/mol. The molecule has 0 spiro atoms. The molecule has 0 amide bonds. The zero-order chi connectivity index (χ0) is 56.6. The molecule has 0 saturated heterocycles. The van der Waals surface area contributed by atoms with E-state index in [-0.39, 0.29) is 27.5 Å².